The topological polar surface area (TPSA) is 17.1 Å². The van der Waals surface area contributed by atoms with E-state index in [9.17, 15) is 4.79 Å². The van der Waals surface area contributed by atoms with Crippen LogP contribution in [-0.2, 0) is 0 Å². The second kappa shape index (κ2) is 8.62. The van der Waals surface area contributed by atoms with Gasteiger partial charge < -0.3 is 0 Å². The molecular formula is C25H28O. The van der Waals surface area contributed by atoms with Crippen LogP contribution in [0.15, 0.2) is 60.7 Å². The Morgan fingerprint density at radius 3 is 1.62 bits per heavy atom. The Morgan fingerprint density at radius 1 is 0.538 bits per heavy atom. The van der Waals surface area contributed by atoms with Crippen LogP contribution in [0.5, 0.6) is 0 Å². The molecule has 0 atom stereocenters. The van der Waals surface area contributed by atoms with E-state index in [2.05, 4.69) is 45.9 Å². The number of carbonyl (C=O) groups is 1. The summed E-state index contributed by atoms with van der Waals surface area (Å²) in [6, 6.07) is 20.1. The summed E-state index contributed by atoms with van der Waals surface area (Å²) in [5.74, 6) is 0.0943. The quantitative estimate of drug-likeness (QED) is 0.488. The van der Waals surface area contributed by atoms with E-state index in [1.54, 1.807) is 0 Å². The standard InChI is InChI=1S/C16H16O.C9H12/c1-11-5-4-6-14(9-11)16(17)15-8-7-12(2)13(3)10-15;1-7-4-5-8(2)9(3)6-7/h4-10H,1-3H3;4-6H,1-3H3. The van der Waals surface area contributed by atoms with Crippen LogP contribution in [0.2, 0.25) is 0 Å². The third kappa shape index (κ3) is 5.16. The molecule has 0 heterocycles. The van der Waals surface area contributed by atoms with Gasteiger partial charge in [-0.05, 0) is 75.9 Å². The van der Waals surface area contributed by atoms with Crippen molar-refractivity contribution in [2.45, 2.75) is 41.5 Å². The molecule has 134 valence electrons. The van der Waals surface area contributed by atoms with E-state index in [1.165, 1.54) is 22.3 Å². The van der Waals surface area contributed by atoms with Gasteiger partial charge in [0, 0.05) is 11.1 Å². The lowest BCUT2D eigenvalue weighted by Gasteiger charge is -2.05. The molecule has 0 aliphatic rings. The van der Waals surface area contributed by atoms with Gasteiger partial charge in [0.2, 0.25) is 0 Å². The van der Waals surface area contributed by atoms with Gasteiger partial charge in [0.25, 0.3) is 0 Å². The molecule has 3 rings (SSSR count). The fraction of sp³-hybridized carbons (Fsp3) is 0.240. The van der Waals surface area contributed by atoms with Crippen LogP contribution in [-0.4, -0.2) is 5.78 Å². The van der Waals surface area contributed by atoms with Gasteiger partial charge in [0.05, 0.1) is 0 Å². The van der Waals surface area contributed by atoms with Gasteiger partial charge in [0.1, 0.15) is 0 Å². The predicted octanol–water partition coefficient (Wildman–Crippen LogP) is 6.45. The number of benzene rings is 3. The molecule has 0 aliphatic heterocycles. The van der Waals surface area contributed by atoms with Gasteiger partial charge in [0.15, 0.2) is 5.78 Å². The van der Waals surface area contributed by atoms with Gasteiger partial charge >= 0.3 is 0 Å². The first kappa shape index (κ1) is 19.7. The molecule has 0 saturated heterocycles. The van der Waals surface area contributed by atoms with Crippen molar-refractivity contribution >= 4 is 5.78 Å². The molecule has 1 nitrogen and oxygen atoms in total. The number of aryl methyl sites for hydroxylation is 6. The molecule has 0 bridgehead atoms. The second-order valence-electron chi connectivity index (χ2n) is 7.09. The zero-order valence-corrected chi connectivity index (χ0v) is 16.7. The maximum absolute atomic E-state index is 12.3. The van der Waals surface area contributed by atoms with Crippen LogP contribution < -0.4 is 0 Å². The fourth-order valence-corrected chi connectivity index (χ4v) is 2.73. The maximum atomic E-state index is 12.3. The minimum Gasteiger partial charge on any atom is -0.289 e. The Labute approximate surface area is 157 Å². The molecule has 26 heavy (non-hydrogen) atoms. The van der Waals surface area contributed by atoms with Crippen LogP contribution in [0.1, 0.15) is 49.3 Å². The molecule has 0 amide bonds. The smallest absolute Gasteiger partial charge is 0.193 e. The maximum Gasteiger partial charge on any atom is 0.193 e. The third-order valence-corrected chi connectivity index (χ3v) is 4.71. The molecule has 0 spiro atoms. The first-order valence-electron chi connectivity index (χ1n) is 9.00. The summed E-state index contributed by atoms with van der Waals surface area (Å²) < 4.78 is 0. The largest absolute Gasteiger partial charge is 0.289 e. The number of hydrogen-bond donors (Lipinski definition) is 0. The highest BCUT2D eigenvalue weighted by Gasteiger charge is 2.09. The Morgan fingerprint density at radius 2 is 1.08 bits per heavy atom. The summed E-state index contributed by atoms with van der Waals surface area (Å²) in [6.07, 6.45) is 0. The van der Waals surface area contributed by atoms with Gasteiger partial charge in [-0.25, -0.2) is 0 Å². The Hall–Kier alpha value is -2.67. The normalized spacial score (nSPS) is 10.1. The Bertz CT molecular complexity index is 919. The fourth-order valence-electron chi connectivity index (χ4n) is 2.73. The van der Waals surface area contributed by atoms with Crippen molar-refractivity contribution in [1.29, 1.82) is 0 Å². The predicted molar refractivity (Wildman–Crippen MR) is 111 cm³/mol. The van der Waals surface area contributed by atoms with Crippen molar-refractivity contribution < 1.29 is 4.79 Å². The molecular weight excluding hydrogens is 316 g/mol. The van der Waals surface area contributed by atoms with Gasteiger partial charge in [-0.15, -0.1) is 0 Å². The van der Waals surface area contributed by atoms with Crippen LogP contribution in [0.3, 0.4) is 0 Å². The van der Waals surface area contributed by atoms with Crippen LogP contribution in [0.4, 0.5) is 0 Å². The molecule has 0 unspecified atom stereocenters. The second-order valence-corrected chi connectivity index (χ2v) is 7.09. The number of hydrogen-bond acceptors (Lipinski definition) is 1. The highest BCUT2D eigenvalue weighted by Crippen LogP contribution is 2.15. The zero-order valence-electron chi connectivity index (χ0n) is 16.7. The summed E-state index contributed by atoms with van der Waals surface area (Å²) in [4.78, 5) is 12.3. The molecule has 0 aromatic heterocycles. The first-order valence-corrected chi connectivity index (χ1v) is 9.00. The molecule has 1 heteroatoms. The summed E-state index contributed by atoms with van der Waals surface area (Å²) >= 11 is 0. The van der Waals surface area contributed by atoms with E-state index < -0.39 is 0 Å². The van der Waals surface area contributed by atoms with Crippen LogP contribution in [0.25, 0.3) is 0 Å². The van der Waals surface area contributed by atoms with E-state index in [4.69, 9.17) is 0 Å². The average Bonchev–Trinajstić information content (AvgIpc) is 2.61. The molecule has 0 radical (unpaired) electrons. The summed E-state index contributed by atoms with van der Waals surface area (Å²) in [5.41, 5.74) is 9.11. The van der Waals surface area contributed by atoms with E-state index in [1.807, 2.05) is 56.3 Å². The molecule has 0 fully saturated rings. The molecule has 3 aromatic rings. The Kier molecular flexibility index (Phi) is 6.52. The van der Waals surface area contributed by atoms with Crippen molar-refractivity contribution in [2.75, 3.05) is 0 Å². The monoisotopic (exact) mass is 344 g/mol. The molecule has 0 aliphatic carbocycles. The van der Waals surface area contributed by atoms with E-state index >= 15 is 0 Å². The lowest BCUT2D eigenvalue weighted by molar-refractivity contribution is 0.103. The lowest BCUT2D eigenvalue weighted by atomic mass is 9.98. The van der Waals surface area contributed by atoms with Crippen LogP contribution in [0, 0.1) is 41.5 Å². The van der Waals surface area contributed by atoms with E-state index in [0.29, 0.717) is 0 Å². The van der Waals surface area contributed by atoms with Crippen molar-refractivity contribution in [3.63, 3.8) is 0 Å². The van der Waals surface area contributed by atoms with Crippen LogP contribution >= 0.6 is 0 Å². The van der Waals surface area contributed by atoms with E-state index in [-0.39, 0.29) is 5.78 Å². The van der Waals surface area contributed by atoms with Crippen molar-refractivity contribution in [2.24, 2.45) is 0 Å². The minimum atomic E-state index is 0.0943. The van der Waals surface area contributed by atoms with Crippen molar-refractivity contribution in [3.05, 3.63) is 105 Å². The number of rotatable bonds is 2. The van der Waals surface area contributed by atoms with Gasteiger partial charge in [-0.3, -0.25) is 4.79 Å². The highest BCUT2D eigenvalue weighted by molar-refractivity contribution is 6.09. The number of ketones is 1. The minimum absolute atomic E-state index is 0.0943. The first-order chi connectivity index (χ1) is 12.3. The highest BCUT2D eigenvalue weighted by atomic mass is 16.1. The molecule has 0 saturated carbocycles. The summed E-state index contributed by atoms with van der Waals surface area (Å²) in [5, 5.41) is 0. The lowest BCUT2D eigenvalue weighted by Crippen LogP contribution is -2.02. The third-order valence-electron chi connectivity index (χ3n) is 4.71. The number of carbonyl (C=O) groups excluding carboxylic acids is 1. The summed E-state index contributed by atoms with van der Waals surface area (Å²) in [6.45, 7) is 12.5. The zero-order chi connectivity index (χ0) is 19.3. The van der Waals surface area contributed by atoms with Crippen molar-refractivity contribution in [3.8, 4) is 0 Å². The van der Waals surface area contributed by atoms with Crippen molar-refractivity contribution in [1.82, 2.24) is 0 Å². The average molecular weight is 344 g/mol. The molecule has 3 aromatic carbocycles. The van der Waals surface area contributed by atoms with E-state index in [0.717, 1.165) is 22.3 Å². The molecule has 0 N–H and O–H groups in total. The summed E-state index contributed by atoms with van der Waals surface area (Å²) in [7, 11) is 0. The van der Waals surface area contributed by atoms with Gasteiger partial charge in [-0.1, -0.05) is 59.7 Å². The Balaban J connectivity index is 0.000000228. The SMILES string of the molecule is Cc1ccc(C)c(C)c1.Cc1cccc(C(=O)c2ccc(C)c(C)c2)c1. The van der Waals surface area contributed by atoms with Gasteiger partial charge in [-0.2, -0.15) is 0 Å².